The predicted molar refractivity (Wildman–Crippen MR) is 117 cm³/mol. The molecule has 1 aliphatic rings. The average molecular weight is 408 g/mol. The summed E-state index contributed by atoms with van der Waals surface area (Å²) in [7, 11) is 4.90. The van der Waals surface area contributed by atoms with Gasteiger partial charge in [0, 0.05) is 18.0 Å². The van der Waals surface area contributed by atoms with Gasteiger partial charge in [0.25, 0.3) is 5.91 Å². The number of likely N-dealkylation sites (tertiary alicyclic amines) is 1. The number of nitrogens with one attached hydrogen (secondary N) is 1. The summed E-state index contributed by atoms with van der Waals surface area (Å²) in [5.74, 6) is 2.19. The number of ether oxygens (including phenoxy) is 3. The van der Waals surface area contributed by atoms with Crippen LogP contribution in [0.5, 0.6) is 17.2 Å². The standard InChI is InChI=1S/C24H28N2O4/c1-28-18-10-8-16(9-11-18)21-7-5-4-6-12-26(21)24(27)20-14-17-13-19(29-2)15-22(30-3)23(17)25-20/h8-11,13-15,21,25H,4-7,12H2,1-3H3/t21-/m0/s1. The molecule has 0 radical (unpaired) electrons. The van der Waals surface area contributed by atoms with Gasteiger partial charge in [-0.05, 0) is 42.7 Å². The number of H-pyrrole nitrogens is 1. The van der Waals surface area contributed by atoms with Crippen LogP contribution in [0.4, 0.5) is 0 Å². The molecule has 2 aromatic carbocycles. The summed E-state index contributed by atoms with van der Waals surface area (Å²) in [6.45, 7) is 0.741. The first kappa shape index (κ1) is 20.1. The van der Waals surface area contributed by atoms with E-state index in [1.165, 1.54) is 0 Å². The highest BCUT2D eigenvalue weighted by atomic mass is 16.5. The van der Waals surface area contributed by atoms with E-state index < -0.39 is 0 Å². The maximum Gasteiger partial charge on any atom is 0.270 e. The van der Waals surface area contributed by atoms with Crippen LogP contribution in [-0.2, 0) is 0 Å². The highest BCUT2D eigenvalue weighted by molar-refractivity contribution is 6.00. The highest BCUT2D eigenvalue weighted by Crippen LogP contribution is 2.35. The van der Waals surface area contributed by atoms with E-state index in [1.807, 2.05) is 35.2 Å². The van der Waals surface area contributed by atoms with Crippen LogP contribution < -0.4 is 14.2 Å². The van der Waals surface area contributed by atoms with Gasteiger partial charge in [-0.1, -0.05) is 25.0 Å². The molecule has 0 bridgehead atoms. The molecule has 1 aromatic heterocycles. The summed E-state index contributed by atoms with van der Waals surface area (Å²) in [5, 5.41) is 0.894. The van der Waals surface area contributed by atoms with Gasteiger partial charge in [0.05, 0.1) is 32.9 Å². The Morgan fingerprint density at radius 2 is 1.70 bits per heavy atom. The van der Waals surface area contributed by atoms with E-state index in [4.69, 9.17) is 14.2 Å². The number of hydrogen-bond acceptors (Lipinski definition) is 4. The number of fused-ring (bicyclic) bond motifs is 1. The van der Waals surface area contributed by atoms with Gasteiger partial charge >= 0.3 is 0 Å². The smallest absolute Gasteiger partial charge is 0.270 e. The molecule has 1 atom stereocenters. The minimum Gasteiger partial charge on any atom is -0.497 e. The molecule has 0 saturated carbocycles. The molecule has 6 nitrogen and oxygen atoms in total. The molecule has 0 unspecified atom stereocenters. The van der Waals surface area contributed by atoms with E-state index in [0.717, 1.165) is 54.4 Å². The Bertz CT molecular complexity index is 1030. The molecule has 4 rings (SSSR count). The summed E-state index contributed by atoms with van der Waals surface area (Å²) in [5.41, 5.74) is 2.51. The van der Waals surface area contributed by atoms with Crippen LogP contribution in [0.1, 0.15) is 47.8 Å². The van der Waals surface area contributed by atoms with Crippen molar-refractivity contribution < 1.29 is 19.0 Å². The monoisotopic (exact) mass is 408 g/mol. The molecule has 1 saturated heterocycles. The van der Waals surface area contributed by atoms with Crippen molar-refractivity contribution in [2.75, 3.05) is 27.9 Å². The maximum atomic E-state index is 13.6. The van der Waals surface area contributed by atoms with Crippen molar-refractivity contribution in [1.82, 2.24) is 9.88 Å². The van der Waals surface area contributed by atoms with Crippen molar-refractivity contribution >= 4 is 16.8 Å². The Kier molecular flexibility index (Phi) is 5.84. The van der Waals surface area contributed by atoms with Crippen LogP contribution >= 0.6 is 0 Å². The first-order valence-electron chi connectivity index (χ1n) is 10.3. The van der Waals surface area contributed by atoms with Crippen molar-refractivity contribution in [3.05, 3.63) is 53.7 Å². The lowest BCUT2D eigenvalue weighted by molar-refractivity contribution is 0.0676. The topological polar surface area (TPSA) is 63.8 Å². The van der Waals surface area contributed by atoms with Gasteiger partial charge in [0.2, 0.25) is 0 Å². The Morgan fingerprint density at radius 3 is 2.40 bits per heavy atom. The quantitative estimate of drug-likeness (QED) is 0.649. The first-order chi connectivity index (χ1) is 14.6. The summed E-state index contributed by atoms with van der Waals surface area (Å²) in [6, 6.07) is 13.7. The Morgan fingerprint density at radius 1 is 0.933 bits per heavy atom. The molecule has 1 aliphatic heterocycles. The zero-order valence-electron chi connectivity index (χ0n) is 17.7. The molecule has 6 heteroatoms. The summed E-state index contributed by atoms with van der Waals surface area (Å²) >= 11 is 0. The second-order valence-corrected chi connectivity index (χ2v) is 7.61. The zero-order chi connectivity index (χ0) is 21.1. The SMILES string of the molecule is COc1ccc([C@@H]2CCCCCN2C(=O)c2cc3cc(OC)cc(OC)c3[nH]2)cc1. The Balaban J connectivity index is 1.69. The third kappa shape index (κ3) is 3.82. The minimum absolute atomic E-state index is 0.00920. The van der Waals surface area contributed by atoms with Crippen molar-refractivity contribution in [2.45, 2.75) is 31.7 Å². The molecule has 1 N–H and O–H groups in total. The average Bonchev–Trinajstić information content (AvgIpc) is 3.07. The van der Waals surface area contributed by atoms with Crippen LogP contribution in [0.3, 0.4) is 0 Å². The van der Waals surface area contributed by atoms with E-state index in [1.54, 1.807) is 21.3 Å². The van der Waals surface area contributed by atoms with E-state index in [-0.39, 0.29) is 11.9 Å². The normalized spacial score (nSPS) is 16.9. The van der Waals surface area contributed by atoms with Gasteiger partial charge in [-0.15, -0.1) is 0 Å². The lowest BCUT2D eigenvalue weighted by Gasteiger charge is -2.30. The van der Waals surface area contributed by atoms with Gasteiger partial charge < -0.3 is 24.1 Å². The molecule has 0 spiro atoms. The van der Waals surface area contributed by atoms with Crippen LogP contribution in [0.25, 0.3) is 10.9 Å². The van der Waals surface area contributed by atoms with Crippen LogP contribution in [0.2, 0.25) is 0 Å². The Labute approximate surface area is 176 Å². The molecule has 1 amide bonds. The lowest BCUT2D eigenvalue weighted by atomic mass is 10.0. The van der Waals surface area contributed by atoms with Crippen molar-refractivity contribution in [3.63, 3.8) is 0 Å². The van der Waals surface area contributed by atoms with Gasteiger partial charge in [-0.3, -0.25) is 4.79 Å². The number of methoxy groups -OCH3 is 3. The van der Waals surface area contributed by atoms with Gasteiger partial charge in [0.15, 0.2) is 0 Å². The maximum absolute atomic E-state index is 13.6. The van der Waals surface area contributed by atoms with Crippen LogP contribution in [-0.4, -0.2) is 43.7 Å². The van der Waals surface area contributed by atoms with Crippen molar-refractivity contribution in [2.24, 2.45) is 0 Å². The fourth-order valence-corrected chi connectivity index (χ4v) is 4.26. The number of aromatic amines is 1. The third-order valence-electron chi connectivity index (χ3n) is 5.87. The fourth-order valence-electron chi connectivity index (χ4n) is 4.26. The zero-order valence-corrected chi connectivity index (χ0v) is 17.7. The highest BCUT2D eigenvalue weighted by Gasteiger charge is 2.29. The van der Waals surface area contributed by atoms with Gasteiger partial charge in [0.1, 0.15) is 22.9 Å². The lowest BCUT2D eigenvalue weighted by Crippen LogP contribution is -2.35. The number of rotatable bonds is 5. The summed E-state index contributed by atoms with van der Waals surface area (Å²) in [6.07, 6.45) is 4.21. The van der Waals surface area contributed by atoms with E-state index in [9.17, 15) is 4.79 Å². The number of amides is 1. The third-order valence-corrected chi connectivity index (χ3v) is 5.87. The molecule has 30 heavy (non-hydrogen) atoms. The first-order valence-corrected chi connectivity index (χ1v) is 10.3. The largest absolute Gasteiger partial charge is 0.497 e. The molecular formula is C24H28N2O4. The fraction of sp³-hybridized carbons (Fsp3) is 0.375. The Hall–Kier alpha value is -3.15. The molecule has 3 aromatic rings. The van der Waals surface area contributed by atoms with Crippen LogP contribution in [0, 0.1) is 0 Å². The van der Waals surface area contributed by atoms with Gasteiger partial charge in [-0.25, -0.2) is 0 Å². The molecular weight excluding hydrogens is 380 g/mol. The second kappa shape index (κ2) is 8.69. The van der Waals surface area contributed by atoms with Crippen molar-refractivity contribution in [1.29, 1.82) is 0 Å². The molecule has 1 fully saturated rings. The molecule has 0 aliphatic carbocycles. The minimum atomic E-state index is 0.00920. The number of carbonyl (C=O) groups excluding carboxylic acids is 1. The molecule has 158 valence electrons. The number of nitrogens with zero attached hydrogens (tertiary/aromatic N) is 1. The van der Waals surface area contributed by atoms with E-state index in [0.29, 0.717) is 17.2 Å². The number of carbonyl (C=O) groups is 1. The van der Waals surface area contributed by atoms with Crippen molar-refractivity contribution in [3.8, 4) is 17.2 Å². The number of hydrogen-bond donors (Lipinski definition) is 1. The molecule has 2 heterocycles. The summed E-state index contributed by atoms with van der Waals surface area (Å²) < 4.78 is 16.1. The number of benzene rings is 2. The van der Waals surface area contributed by atoms with Gasteiger partial charge in [-0.2, -0.15) is 0 Å². The summed E-state index contributed by atoms with van der Waals surface area (Å²) in [4.78, 5) is 18.9. The number of aromatic nitrogens is 1. The van der Waals surface area contributed by atoms with Crippen LogP contribution in [0.15, 0.2) is 42.5 Å². The second-order valence-electron chi connectivity index (χ2n) is 7.61. The predicted octanol–water partition coefficient (Wildman–Crippen LogP) is 4.95. The van der Waals surface area contributed by atoms with E-state index >= 15 is 0 Å². The van der Waals surface area contributed by atoms with E-state index in [2.05, 4.69) is 17.1 Å².